The molecule has 0 saturated heterocycles. The second-order valence-electron chi connectivity index (χ2n) is 6.08. The van der Waals surface area contributed by atoms with Gasteiger partial charge in [-0.15, -0.1) is 0 Å². The Labute approximate surface area is 121 Å². The first-order valence-corrected chi connectivity index (χ1v) is 8.55. The molecule has 1 aliphatic heterocycles. The zero-order chi connectivity index (χ0) is 15.1. The smallest absolute Gasteiger partial charge is 0.286 e. The van der Waals surface area contributed by atoms with Gasteiger partial charge in [0.15, 0.2) is 5.37 Å². The van der Waals surface area contributed by atoms with Crippen LogP contribution in [0.1, 0.15) is 46.1 Å². The number of hydrogen-bond donors (Lipinski definition) is 1. The molecule has 0 aliphatic carbocycles. The summed E-state index contributed by atoms with van der Waals surface area (Å²) in [4.78, 5) is 1.87. The van der Waals surface area contributed by atoms with E-state index in [-0.39, 0.29) is 11.5 Å². The molecule has 0 amide bonds. The summed E-state index contributed by atoms with van der Waals surface area (Å²) in [6, 6.07) is 7.87. The van der Waals surface area contributed by atoms with Crippen LogP contribution < -0.4 is 4.90 Å². The minimum absolute atomic E-state index is 0.0124. The third-order valence-corrected chi connectivity index (χ3v) is 5.68. The van der Waals surface area contributed by atoms with Crippen molar-refractivity contribution in [3.05, 3.63) is 29.8 Å². The molecule has 0 aromatic heterocycles. The van der Waals surface area contributed by atoms with Gasteiger partial charge >= 0.3 is 0 Å². The van der Waals surface area contributed by atoms with Crippen LogP contribution in [-0.4, -0.2) is 24.4 Å². The van der Waals surface area contributed by atoms with Gasteiger partial charge in [0, 0.05) is 17.1 Å². The number of anilines is 1. The normalized spacial score (nSPS) is 22.6. The van der Waals surface area contributed by atoms with Gasteiger partial charge in [0.1, 0.15) is 0 Å². The third-order valence-electron chi connectivity index (χ3n) is 4.53. The molecule has 0 fully saturated rings. The van der Waals surface area contributed by atoms with E-state index in [1.807, 2.05) is 43.0 Å². The second kappa shape index (κ2) is 5.04. The number of benzene rings is 1. The van der Waals surface area contributed by atoms with E-state index < -0.39 is 15.5 Å². The molecule has 0 bridgehead atoms. The standard InChI is InChI=1S/C15H23NO3S/c1-5-8-14(20(17,18)19)16-11(2)15(3,4)12-9-6-7-10-13(12)16/h6-7,9-11,14H,5,8H2,1-4H3,(H,17,18,19). The largest absolute Gasteiger partial charge is 0.349 e. The minimum Gasteiger partial charge on any atom is -0.349 e. The van der Waals surface area contributed by atoms with Gasteiger partial charge in [-0.2, -0.15) is 8.42 Å². The number of nitrogens with zero attached hydrogens (tertiary/aromatic N) is 1. The molecule has 1 aromatic rings. The third kappa shape index (κ3) is 2.33. The fourth-order valence-electron chi connectivity index (χ4n) is 3.11. The second-order valence-corrected chi connectivity index (χ2v) is 7.65. The predicted octanol–water partition coefficient (Wildman–Crippen LogP) is 3.19. The Kier molecular flexibility index (Phi) is 3.86. The summed E-state index contributed by atoms with van der Waals surface area (Å²) < 4.78 is 33.2. The first-order chi connectivity index (χ1) is 9.21. The van der Waals surface area contributed by atoms with Crippen molar-refractivity contribution in [1.29, 1.82) is 0 Å². The topological polar surface area (TPSA) is 57.6 Å². The van der Waals surface area contributed by atoms with Gasteiger partial charge in [-0.1, -0.05) is 45.4 Å². The van der Waals surface area contributed by atoms with E-state index in [1.165, 1.54) is 0 Å². The highest BCUT2D eigenvalue weighted by Crippen LogP contribution is 2.46. The number of rotatable bonds is 4. The van der Waals surface area contributed by atoms with Crippen LogP contribution in [0.2, 0.25) is 0 Å². The van der Waals surface area contributed by atoms with Crippen LogP contribution in [0.4, 0.5) is 5.69 Å². The van der Waals surface area contributed by atoms with Crippen LogP contribution in [0.3, 0.4) is 0 Å². The first-order valence-electron chi connectivity index (χ1n) is 7.05. The van der Waals surface area contributed by atoms with Crippen LogP contribution in [0, 0.1) is 0 Å². The molecule has 2 rings (SSSR count). The van der Waals surface area contributed by atoms with Crippen molar-refractivity contribution in [3.8, 4) is 0 Å². The predicted molar refractivity (Wildman–Crippen MR) is 81.7 cm³/mol. The van der Waals surface area contributed by atoms with Gasteiger partial charge < -0.3 is 4.90 Å². The first kappa shape index (κ1) is 15.3. The van der Waals surface area contributed by atoms with Crippen molar-refractivity contribution < 1.29 is 13.0 Å². The lowest BCUT2D eigenvalue weighted by Gasteiger charge is -2.35. The molecule has 5 heteroatoms. The van der Waals surface area contributed by atoms with Gasteiger partial charge in [-0.3, -0.25) is 4.55 Å². The van der Waals surface area contributed by atoms with Gasteiger partial charge in [0.25, 0.3) is 10.1 Å². The highest BCUT2D eigenvalue weighted by Gasteiger charge is 2.46. The van der Waals surface area contributed by atoms with Crippen molar-refractivity contribution in [2.75, 3.05) is 4.90 Å². The maximum Gasteiger partial charge on any atom is 0.286 e. The summed E-state index contributed by atoms with van der Waals surface area (Å²) in [6.45, 7) is 8.18. The number of fused-ring (bicyclic) bond motifs is 1. The highest BCUT2D eigenvalue weighted by atomic mass is 32.2. The van der Waals surface area contributed by atoms with Crippen molar-refractivity contribution in [2.45, 2.75) is 57.4 Å². The molecule has 112 valence electrons. The fraction of sp³-hybridized carbons (Fsp3) is 0.600. The van der Waals surface area contributed by atoms with Crippen LogP contribution in [0.25, 0.3) is 0 Å². The lowest BCUT2D eigenvalue weighted by Crippen LogP contribution is -2.48. The molecule has 0 spiro atoms. The summed E-state index contributed by atoms with van der Waals surface area (Å²) in [5.41, 5.74) is 1.91. The molecular weight excluding hydrogens is 274 g/mol. The van der Waals surface area contributed by atoms with Crippen LogP contribution >= 0.6 is 0 Å². The zero-order valence-electron chi connectivity index (χ0n) is 12.5. The monoisotopic (exact) mass is 297 g/mol. The quantitative estimate of drug-likeness (QED) is 0.867. The molecule has 0 radical (unpaired) electrons. The van der Waals surface area contributed by atoms with Crippen molar-refractivity contribution in [2.24, 2.45) is 0 Å². The summed E-state index contributed by atoms with van der Waals surface area (Å²) in [7, 11) is -4.11. The van der Waals surface area contributed by atoms with E-state index in [4.69, 9.17) is 0 Å². The highest BCUT2D eigenvalue weighted by molar-refractivity contribution is 7.86. The Balaban J connectivity index is 2.57. The molecule has 1 heterocycles. The van der Waals surface area contributed by atoms with E-state index in [9.17, 15) is 13.0 Å². The van der Waals surface area contributed by atoms with Gasteiger partial charge in [0.2, 0.25) is 0 Å². The summed E-state index contributed by atoms with van der Waals surface area (Å²) in [5.74, 6) is 0. The maximum atomic E-state index is 11.8. The van der Waals surface area contributed by atoms with Gasteiger partial charge in [-0.25, -0.2) is 0 Å². The molecule has 0 saturated carbocycles. The van der Waals surface area contributed by atoms with Gasteiger partial charge in [0.05, 0.1) is 0 Å². The Bertz CT molecular complexity index is 595. The molecule has 20 heavy (non-hydrogen) atoms. The summed E-state index contributed by atoms with van der Waals surface area (Å²) in [5, 5.41) is -0.870. The molecule has 1 aliphatic rings. The lowest BCUT2D eigenvalue weighted by atomic mass is 9.81. The van der Waals surface area contributed by atoms with E-state index in [0.29, 0.717) is 12.8 Å². The summed E-state index contributed by atoms with van der Waals surface area (Å²) >= 11 is 0. The Morgan fingerprint density at radius 3 is 2.50 bits per heavy atom. The minimum atomic E-state index is -4.11. The fourth-order valence-corrected chi connectivity index (χ4v) is 4.22. The lowest BCUT2D eigenvalue weighted by molar-refractivity contribution is 0.406. The Morgan fingerprint density at radius 1 is 1.35 bits per heavy atom. The SMILES string of the molecule is CCCC(N1c2ccccc2C(C)(C)C1C)S(=O)(=O)O. The van der Waals surface area contributed by atoms with Crippen molar-refractivity contribution >= 4 is 15.8 Å². The van der Waals surface area contributed by atoms with Crippen LogP contribution in [0.5, 0.6) is 0 Å². The zero-order valence-corrected chi connectivity index (χ0v) is 13.3. The van der Waals surface area contributed by atoms with Crippen molar-refractivity contribution in [1.82, 2.24) is 0 Å². The molecule has 1 N–H and O–H groups in total. The van der Waals surface area contributed by atoms with E-state index in [1.54, 1.807) is 0 Å². The van der Waals surface area contributed by atoms with Crippen LogP contribution in [-0.2, 0) is 15.5 Å². The number of para-hydroxylation sites is 1. The maximum absolute atomic E-state index is 11.8. The Morgan fingerprint density at radius 2 is 1.95 bits per heavy atom. The Hall–Kier alpha value is -1.07. The molecule has 1 aromatic carbocycles. The molecule has 2 atom stereocenters. The summed E-state index contributed by atoms with van der Waals surface area (Å²) in [6.07, 6.45) is 1.13. The van der Waals surface area contributed by atoms with E-state index >= 15 is 0 Å². The average molecular weight is 297 g/mol. The molecular formula is C15H23NO3S. The molecule has 4 nitrogen and oxygen atoms in total. The number of hydrogen-bond acceptors (Lipinski definition) is 3. The molecule has 2 unspecified atom stereocenters. The van der Waals surface area contributed by atoms with Crippen LogP contribution in [0.15, 0.2) is 24.3 Å². The van der Waals surface area contributed by atoms with E-state index in [0.717, 1.165) is 11.3 Å². The van der Waals surface area contributed by atoms with Crippen molar-refractivity contribution in [3.63, 3.8) is 0 Å². The van der Waals surface area contributed by atoms with Gasteiger partial charge in [-0.05, 0) is 25.0 Å². The van der Waals surface area contributed by atoms with E-state index in [2.05, 4.69) is 13.8 Å². The average Bonchev–Trinajstić information content (AvgIpc) is 2.55.